The van der Waals surface area contributed by atoms with Gasteiger partial charge in [0, 0.05) is 6.42 Å². The van der Waals surface area contributed by atoms with E-state index in [1.807, 2.05) is 0 Å². The van der Waals surface area contributed by atoms with Crippen LogP contribution < -0.4 is 0 Å². The maximum atomic E-state index is 13.5. The standard InChI is InChI=1S/C14H9F13/c1-5(15)12(22,23)14(26,27)13(24,25)11(20,21)3-2-6-4-7(16)9(18)10(19)8(6)17/h4-5H,2-3H2,1H3. The van der Waals surface area contributed by atoms with Crippen molar-refractivity contribution in [1.82, 2.24) is 0 Å². The number of aryl methyl sites for hydroxylation is 1. The molecule has 1 aromatic rings. The molecule has 156 valence electrons. The third kappa shape index (κ3) is 3.68. The summed E-state index contributed by atoms with van der Waals surface area (Å²) >= 11 is 0. The fourth-order valence-corrected chi connectivity index (χ4v) is 1.94. The zero-order valence-electron chi connectivity index (χ0n) is 13.0. The second-order valence-electron chi connectivity index (χ2n) is 5.55. The zero-order valence-corrected chi connectivity index (χ0v) is 13.0. The molecule has 27 heavy (non-hydrogen) atoms. The van der Waals surface area contributed by atoms with Gasteiger partial charge in [0.15, 0.2) is 29.4 Å². The van der Waals surface area contributed by atoms with Gasteiger partial charge in [-0.3, -0.25) is 0 Å². The summed E-state index contributed by atoms with van der Waals surface area (Å²) in [7, 11) is 0. The quantitative estimate of drug-likeness (QED) is 0.283. The predicted molar refractivity (Wildman–Crippen MR) is 65.0 cm³/mol. The van der Waals surface area contributed by atoms with Gasteiger partial charge in [-0.2, -0.15) is 35.1 Å². The van der Waals surface area contributed by atoms with Crippen molar-refractivity contribution in [3.8, 4) is 0 Å². The molecule has 1 rings (SSSR count). The highest BCUT2D eigenvalue weighted by molar-refractivity contribution is 5.22. The van der Waals surface area contributed by atoms with Gasteiger partial charge in [0.05, 0.1) is 0 Å². The van der Waals surface area contributed by atoms with E-state index in [-0.39, 0.29) is 13.0 Å². The van der Waals surface area contributed by atoms with Crippen LogP contribution in [0, 0.1) is 23.3 Å². The van der Waals surface area contributed by atoms with Gasteiger partial charge in [0.2, 0.25) is 0 Å². The lowest BCUT2D eigenvalue weighted by Gasteiger charge is -2.37. The van der Waals surface area contributed by atoms with E-state index in [9.17, 15) is 57.1 Å². The Bertz CT molecular complexity index is 693. The molecule has 1 atom stereocenters. The van der Waals surface area contributed by atoms with E-state index < -0.39 is 71.5 Å². The van der Waals surface area contributed by atoms with E-state index in [2.05, 4.69) is 0 Å². The van der Waals surface area contributed by atoms with E-state index in [1.165, 1.54) is 0 Å². The Morgan fingerprint density at radius 3 is 1.70 bits per heavy atom. The van der Waals surface area contributed by atoms with Gasteiger partial charge < -0.3 is 0 Å². The Morgan fingerprint density at radius 2 is 1.26 bits per heavy atom. The molecule has 0 aliphatic rings. The van der Waals surface area contributed by atoms with Crippen molar-refractivity contribution in [3.05, 3.63) is 34.9 Å². The average Bonchev–Trinajstić information content (AvgIpc) is 2.54. The summed E-state index contributed by atoms with van der Waals surface area (Å²) in [6.07, 6.45) is -8.18. The summed E-state index contributed by atoms with van der Waals surface area (Å²) < 4.78 is 171. The first-order valence-corrected chi connectivity index (χ1v) is 6.89. The van der Waals surface area contributed by atoms with Gasteiger partial charge in [-0.1, -0.05) is 0 Å². The molecule has 0 nitrogen and oxygen atoms in total. The van der Waals surface area contributed by atoms with Crippen molar-refractivity contribution in [2.45, 2.75) is 49.6 Å². The minimum Gasteiger partial charge on any atom is -0.241 e. The molecule has 0 heterocycles. The van der Waals surface area contributed by atoms with Crippen LogP contribution in [-0.2, 0) is 6.42 Å². The topological polar surface area (TPSA) is 0 Å². The number of hydrogen-bond donors (Lipinski definition) is 0. The number of hydrogen-bond acceptors (Lipinski definition) is 0. The first-order chi connectivity index (χ1) is 11.9. The van der Waals surface area contributed by atoms with Gasteiger partial charge in [0.1, 0.15) is 0 Å². The summed E-state index contributed by atoms with van der Waals surface area (Å²) in [4.78, 5) is 0. The second kappa shape index (κ2) is 7.04. The Hall–Kier alpha value is -1.69. The van der Waals surface area contributed by atoms with E-state index in [4.69, 9.17) is 0 Å². The summed E-state index contributed by atoms with van der Waals surface area (Å²) in [6.45, 7) is -0.262. The van der Waals surface area contributed by atoms with Gasteiger partial charge >= 0.3 is 23.7 Å². The van der Waals surface area contributed by atoms with Crippen molar-refractivity contribution in [2.75, 3.05) is 0 Å². The van der Waals surface area contributed by atoms with Crippen molar-refractivity contribution >= 4 is 0 Å². The second-order valence-corrected chi connectivity index (χ2v) is 5.55. The Balaban J connectivity index is 3.20. The Morgan fingerprint density at radius 1 is 0.778 bits per heavy atom. The van der Waals surface area contributed by atoms with Crippen LogP contribution in [0.3, 0.4) is 0 Å². The number of halogens is 13. The molecular weight excluding hydrogens is 415 g/mol. The predicted octanol–water partition coefficient (Wildman–Crippen LogP) is 6.07. The van der Waals surface area contributed by atoms with Crippen molar-refractivity contribution in [3.63, 3.8) is 0 Å². The van der Waals surface area contributed by atoms with Gasteiger partial charge in [0.25, 0.3) is 0 Å². The van der Waals surface area contributed by atoms with E-state index in [0.717, 1.165) is 0 Å². The van der Waals surface area contributed by atoms with Gasteiger partial charge in [-0.25, -0.2) is 22.0 Å². The zero-order chi connectivity index (χ0) is 21.6. The fraction of sp³-hybridized carbons (Fsp3) is 0.571. The summed E-state index contributed by atoms with van der Waals surface area (Å²) in [6, 6.07) is -0.196. The molecule has 0 saturated heterocycles. The van der Waals surface area contributed by atoms with Crippen LogP contribution in [0.15, 0.2) is 6.07 Å². The Labute approximate surface area is 143 Å². The molecule has 0 aliphatic heterocycles. The molecule has 0 amide bonds. The highest BCUT2D eigenvalue weighted by atomic mass is 19.4. The minimum atomic E-state index is -6.87. The van der Waals surface area contributed by atoms with Crippen LogP contribution >= 0.6 is 0 Å². The third-order valence-electron chi connectivity index (χ3n) is 3.66. The van der Waals surface area contributed by atoms with Crippen LogP contribution in [0.25, 0.3) is 0 Å². The maximum absolute atomic E-state index is 13.5. The summed E-state index contributed by atoms with van der Waals surface area (Å²) in [5, 5.41) is 0. The van der Waals surface area contributed by atoms with Crippen molar-refractivity contribution < 1.29 is 57.1 Å². The highest BCUT2D eigenvalue weighted by Crippen LogP contribution is 2.55. The molecule has 0 aliphatic carbocycles. The van der Waals surface area contributed by atoms with Gasteiger partial charge in [-0.15, -0.1) is 0 Å². The van der Waals surface area contributed by atoms with E-state index >= 15 is 0 Å². The SMILES string of the molecule is CC(F)C(F)(F)C(F)(F)C(F)(F)C(F)(F)CCc1cc(F)c(F)c(F)c1F. The molecule has 1 aromatic carbocycles. The number of benzene rings is 1. The lowest BCUT2D eigenvalue weighted by Crippen LogP contribution is -2.64. The monoisotopic (exact) mass is 424 g/mol. The molecule has 0 N–H and O–H groups in total. The maximum Gasteiger partial charge on any atom is 0.381 e. The molecule has 0 aromatic heterocycles. The lowest BCUT2D eigenvalue weighted by atomic mass is 9.92. The number of rotatable bonds is 7. The van der Waals surface area contributed by atoms with Crippen LogP contribution in [-0.4, -0.2) is 29.9 Å². The van der Waals surface area contributed by atoms with Crippen molar-refractivity contribution in [1.29, 1.82) is 0 Å². The molecular formula is C14H9F13. The summed E-state index contributed by atoms with van der Waals surface area (Å²) in [5.74, 6) is -35.1. The highest BCUT2D eigenvalue weighted by Gasteiger charge is 2.81. The van der Waals surface area contributed by atoms with Crippen LogP contribution in [0.5, 0.6) is 0 Å². The summed E-state index contributed by atoms with van der Waals surface area (Å²) in [5.41, 5.74) is -1.43. The largest absolute Gasteiger partial charge is 0.381 e. The van der Waals surface area contributed by atoms with Crippen LogP contribution in [0.4, 0.5) is 57.1 Å². The van der Waals surface area contributed by atoms with E-state index in [1.54, 1.807) is 0 Å². The molecule has 0 bridgehead atoms. The molecule has 0 fully saturated rings. The van der Waals surface area contributed by atoms with Crippen LogP contribution in [0.2, 0.25) is 0 Å². The van der Waals surface area contributed by atoms with Gasteiger partial charge in [-0.05, 0) is 25.0 Å². The van der Waals surface area contributed by atoms with E-state index in [0.29, 0.717) is 0 Å². The molecule has 0 radical (unpaired) electrons. The third-order valence-corrected chi connectivity index (χ3v) is 3.66. The average molecular weight is 424 g/mol. The molecule has 1 unspecified atom stereocenters. The fourth-order valence-electron chi connectivity index (χ4n) is 1.94. The first-order valence-electron chi connectivity index (χ1n) is 6.89. The van der Waals surface area contributed by atoms with Crippen molar-refractivity contribution in [2.24, 2.45) is 0 Å². The normalized spacial score (nSPS) is 15.2. The van der Waals surface area contributed by atoms with Crippen LogP contribution in [0.1, 0.15) is 18.9 Å². The molecule has 13 heteroatoms. The lowest BCUT2D eigenvalue weighted by molar-refractivity contribution is -0.375. The Kier molecular flexibility index (Phi) is 6.09. The number of alkyl halides is 9. The smallest absolute Gasteiger partial charge is 0.241 e. The molecule has 0 saturated carbocycles. The first kappa shape index (κ1) is 23.3. The molecule has 0 spiro atoms. The minimum absolute atomic E-state index is 0.196.